The molecule has 7 heteroatoms. The van der Waals surface area contributed by atoms with Crippen molar-refractivity contribution in [3.8, 4) is 0 Å². The van der Waals surface area contributed by atoms with Crippen molar-refractivity contribution in [2.45, 2.75) is 50.6 Å². The van der Waals surface area contributed by atoms with E-state index in [1.807, 2.05) is 0 Å². The van der Waals surface area contributed by atoms with E-state index in [0.717, 1.165) is 25.7 Å². The highest BCUT2D eigenvalue weighted by atomic mass is 35.5. The van der Waals surface area contributed by atoms with E-state index in [2.05, 4.69) is 10.6 Å². The molecule has 2 fully saturated rings. The van der Waals surface area contributed by atoms with Gasteiger partial charge in [0.25, 0.3) is 5.91 Å². The van der Waals surface area contributed by atoms with Crippen LogP contribution in [0.4, 0.5) is 0 Å². The highest BCUT2D eigenvalue weighted by Gasteiger charge is 2.47. The van der Waals surface area contributed by atoms with Gasteiger partial charge in [0.05, 0.1) is 0 Å². The Morgan fingerprint density at radius 1 is 1.22 bits per heavy atom. The molecule has 0 aromatic heterocycles. The molecular weight excluding hydrogens is 366 g/mol. The topological polar surface area (TPSA) is 78.5 Å². The highest BCUT2D eigenvalue weighted by molar-refractivity contribution is 6.31. The molecule has 3 rings (SSSR count). The Kier molecular flexibility index (Phi) is 6.37. The van der Waals surface area contributed by atoms with Gasteiger partial charge in [-0.15, -0.1) is 0 Å². The zero-order valence-corrected chi connectivity index (χ0v) is 16.3. The molecule has 0 radical (unpaired) electrons. The number of nitrogens with one attached hydrogen (secondary N) is 2. The Hall–Kier alpha value is -2.08. The number of carbonyl (C=O) groups excluding carboxylic acids is 3. The van der Waals surface area contributed by atoms with Crippen LogP contribution in [-0.4, -0.2) is 48.3 Å². The maximum absolute atomic E-state index is 13.2. The molecule has 1 aliphatic carbocycles. The van der Waals surface area contributed by atoms with Crippen molar-refractivity contribution in [1.29, 1.82) is 0 Å². The predicted molar refractivity (Wildman–Crippen MR) is 103 cm³/mol. The molecule has 0 spiro atoms. The van der Waals surface area contributed by atoms with Gasteiger partial charge in [-0.1, -0.05) is 30.5 Å². The van der Waals surface area contributed by atoms with Crippen LogP contribution in [0.15, 0.2) is 24.3 Å². The lowest BCUT2D eigenvalue weighted by Crippen LogP contribution is -2.50. The second kappa shape index (κ2) is 8.74. The van der Waals surface area contributed by atoms with Gasteiger partial charge in [0.15, 0.2) is 0 Å². The summed E-state index contributed by atoms with van der Waals surface area (Å²) in [4.78, 5) is 39.2. The summed E-state index contributed by atoms with van der Waals surface area (Å²) in [6.07, 6.45) is 5.11. The Balaban J connectivity index is 1.77. The lowest BCUT2D eigenvalue weighted by atomic mass is 9.84. The second-order valence-electron chi connectivity index (χ2n) is 7.30. The number of amides is 3. The lowest BCUT2D eigenvalue weighted by Gasteiger charge is -2.33. The van der Waals surface area contributed by atoms with Crippen molar-refractivity contribution in [1.82, 2.24) is 15.5 Å². The van der Waals surface area contributed by atoms with Crippen molar-refractivity contribution in [3.63, 3.8) is 0 Å². The number of nitrogens with zero attached hydrogens (tertiary/aromatic N) is 1. The summed E-state index contributed by atoms with van der Waals surface area (Å²) in [6.45, 7) is 0.267. The average molecular weight is 392 g/mol. The van der Waals surface area contributed by atoms with Gasteiger partial charge in [-0.25, -0.2) is 0 Å². The van der Waals surface area contributed by atoms with Crippen LogP contribution in [0.25, 0.3) is 0 Å². The number of rotatable bonds is 5. The molecule has 0 bridgehead atoms. The summed E-state index contributed by atoms with van der Waals surface area (Å²) < 4.78 is 0. The molecule has 1 saturated heterocycles. The van der Waals surface area contributed by atoms with Crippen LogP contribution in [0, 0.1) is 5.92 Å². The first kappa shape index (κ1) is 19.7. The summed E-state index contributed by atoms with van der Waals surface area (Å²) in [6, 6.07) is 6.48. The minimum Gasteiger partial charge on any atom is -0.359 e. The molecule has 1 aliphatic heterocycles. The number of halogens is 1. The number of likely N-dealkylation sites (tertiary alicyclic amines) is 1. The molecule has 0 unspecified atom stereocenters. The fourth-order valence-corrected chi connectivity index (χ4v) is 4.49. The van der Waals surface area contributed by atoms with Gasteiger partial charge >= 0.3 is 0 Å². The van der Waals surface area contributed by atoms with E-state index in [1.165, 1.54) is 0 Å². The zero-order valence-electron chi connectivity index (χ0n) is 15.5. The summed E-state index contributed by atoms with van der Waals surface area (Å²) >= 11 is 6.06. The van der Waals surface area contributed by atoms with Crippen LogP contribution >= 0.6 is 11.6 Å². The quantitative estimate of drug-likeness (QED) is 0.808. The van der Waals surface area contributed by atoms with Crippen molar-refractivity contribution in [3.05, 3.63) is 34.9 Å². The number of fused-ring (bicyclic) bond motifs is 1. The van der Waals surface area contributed by atoms with Crippen LogP contribution in [0.2, 0.25) is 5.02 Å². The fraction of sp³-hybridized carbons (Fsp3) is 0.550. The van der Waals surface area contributed by atoms with E-state index < -0.39 is 6.04 Å². The van der Waals surface area contributed by atoms with Crippen LogP contribution in [0.1, 0.15) is 48.9 Å². The van der Waals surface area contributed by atoms with E-state index >= 15 is 0 Å². The summed E-state index contributed by atoms with van der Waals surface area (Å²) in [5.74, 6) is -0.0825. The minimum absolute atomic E-state index is 0.0972. The third-order valence-electron chi connectivity index (χ3n) is 5.63. The molecule has 1 heterocycles. The molecular formula is C20H26ClN3O3. The first-order valence-electron chi connectivity index (χ1n) is 9.57. The Morgan fingerprint density at radius 2 is 2.00 bits per heavy atom. The summed E-state index contributed by atoms with van der Waals surface area (Å²) in [5, 5.41) is 5.87. The van der Waals surface area contributed by atoms with Crippen molar-refractivity contribution in [2.24, 2.45) is 5.92 Å². The highest BCUT2D eigenvalue weighted by Crippen LogP contribution is 2.40. The Bertz CT molecular complexity index is 724. The zero-order chi connectivity index (χ0) is 19.4. The van der Waals surface area contributed by atoms with Crippen LogP contribution < -0.4 is 10.6 Å². The van der Waals surface area contributed by atoms with Crippen LogP contribution in [-0.2, 0) is 9.59 Å². The molecule has 3 atom stereocenters. The van der Waals surface area contributed by atoms with Crippen LogP contribution in [0.5, 0.6) is 0 Å². The molecule has 1 saturated carbocycles. The molecule has 146 valence electrons. The van der Waals surface area contributed by atoms with E-state index in [1.54, 1.807) is 36.2 Å². The molecule has 1 aromatic carbocycles. The van der Waals surface area contributed by atoms with Crippen LogP contribution in [0.3, 0.4) is 0 Å². The van der Waals surface area contributed by atoms with Gasteiger partial charge in [0, 0.05) is 36.6 Å². The molecule has 2 aliphatic rings. The smallest absolute Gasteiger partial charge is 0.254 e. The third kappa shape index (κ3) is 4.43. The standard InChI is InChI=1S/C20H26ClN3O3/c1-22-18(25)9-10-23-19(26)17-12-13-5-2-3-8-16(13)24(17)20(27)14-6-4-7-15(21)11-14/h4,6-7,11,13,16-17H,2-3,5,8-10,12H2,1H3,(H,22,25)(H,23,26)/t13-,16+,17+/m1/s1. The number of benzene rings is 1. The molecule has 6 nitrogen and oxygen atoms in total. The number of carbonyl (C=O) groups is 3. The van der Waals surface area contributed by atoms with Crippen molar-refractivity contribution < 1.29 is 14.4 Å². The maximum atomic E-state index is 13.2. The third-order valence-corrected chi connectivity index (χ3v) is 5.86. The summed E-state index contributed by atoms with van der Waals surface area (Å²) in [5.41, 5.74) is 0.511. The summed E-state index contributed by atoms with van der Waals surface area (Å²) in [7, 11) is 1.57. The van der Waals surface area contributed by atoms with Gasteiger partial charge in [-0.2, -0.15) is 0 Å². The second-order valence-corrected chi connectivity index (χ2v) is 7.74. The van der Waals surface area contributed by atoms with E-state index in [-0.39, 0.29) is 36.7 Å². The minimum atomic E-state index is -0.491. The number of hydrogen-bond donors (Lipinski definition) is 2. The van der Waals surface area contributed by atoms with Crippen molar-refractivity contribution in [2.75, 3.05) is 13.6 Å². The van der Waals surface area contributed by atoms with E-state index in [0.29, 0.717) is 22.9 Å². The first-order valence-corrected chi connectivity index (χ1v) is 9.95. The van der Waals surface area contributed by atoms with E-state index in [4.69, 9.17) is 11.6 Å². The van der Waals surface area contributed by atoms with Gasteiger partial charge in [0.2, 0.25) is 11.8 Å². The van der Waals surface area contributed by atoms with Gasteiger partial charge in [-0.3, -0.25) is 14.4 Å². The Morgan fingerprint density at radius 3 is 2.74 bits per heavy atom. The molecule has 27 heavy (non-hydrogen) atoms. The lowest BCUT2D eigenvalue weighted by molar-refractivity contribution is -0.125. The average Bonchev–Trinajstić information content (AvgIpc) is 3.06. The largest absolute Gasteiger partial charge is 0.359 e. The molecule has 1 aromatic rings. The normalized spacial score (nSPS) is 24.2. The van der Waals surface area contributed by atoms with Gasteiger partial charge in [-0.05, 0) is 43.4 Å². The van der Waals surface area contributed by atoms with Crippen molar-refractivity contribution >= 4 is 29.3 Å². The maximum Gasteiger partial charge on any atom is 0.254 e. The van der Waals surface area contributed by atoms with Gasteiger partial charge < -0.3 is 15.5 Å². The monoisotopic (exact) mass is 391 g/mol. The first-order chi connectivity index (χ1) is 13.0. The Labute approximate surface area is 164 Å². The fourth-order valence-electron chi connectivity index (χ4n) is 4.30. The molecule has 2 N–H and O–H groups in total. The van der Waals surface area contributed by atoms with E-state index in [9.17, 15) is 14.4 Å². The SMILES string of the molecule is CNC(=O)CCNC(=O)[C@@H]1C[C@H]2CCCC[C@@H]2N1C(=O)c1cccc(Cl)c1. The number of hydrogen-bond acceptors (Lipinski definition) is 3. The predicted octanol–water partition coefficient (Wildman–Crippen LogP) is 2.37. The molecule has 3 amide bonds. The van der Waals surface area contributed by atoms with Gasteiger partial charge in [0.1, 0.15) is 6.04 Å².